The fourth-order valence-corrected chi connectivity index (χ4v) is 3.61. The normalized spacial score (nSPS) is 27.8. The number of aliphatic hydroxyl groups excluding tert-OH is 1. The first-order valence-corrected chi connectivity index (χ1v) is 7.51. The molecule has 108 valence electrons. The molecule has 1 fully saturated rings. The average Bonchev–Trinajstić information content (AvgIpc) is 2.93. The molecule has 2 aliphatic rings. The fourth-order valence-electron chi connectivity index (χ4n) is 3.61. The van der Waals surface area contributed by atoms with Crippen molar-refractivity contribution in [1.82, 2.24) is 4.90 Å². The van der Waals surface area contributed by atoms with Crippen LogP contribution in [-0.4, -0.2) is 29.4 Å². The summed E-state index contributed by atoms with van der Waals surface area (Å²) in [4.78, 5) is 2.42. The number of benzene rings is 2. The molecule has 1 unspecified atom stereocenters. The highest BCUT2D eigenvalue weighted by molar-refractivity contribution is 5.40. The van der Waals surface area contributed by atoms with E-state index in [2.05, 4.69) is 41.3 Å². The topological polar surface area (TPSA) is 32.7 Å². The predicted molar refractivity (Wildman–Crippen MR) is 81.0 cm³/mol. The smallest absolute Gasteiger partial charge is 0.202 e. The molecule has 0 saturated carbocycles. The van der Waals surface area contributed by atoms with Crippen LogP contribution in [0.15, 0.2) is 54.6 Å². The zero-order chi connectivity index (χ0) is 14.2. The van der Waals surface area contributed by atoms with Crippen molar-refractivity contribution in [2.24, 2.45) is 5.92 Å². The van der Waals surface area contributed by atoms with Crippen molar-refractivity contribution >= 4 is 0 Å². The van der Waals surface area contributed by atoms with Crippen LogP contribution in [-0.2, 0) is 6.54 Å². The van der Waals surface area contributed by atoms with Gasteiger partial charge in [-0.25, -0.2) is 0 Å². The molecule has 1 N–H and O–H groups in total. The molecule has 1 saturated heterocycles. The Morgan fingerprint density at radius 2 is 1.76 bits per heavy atom. The van der Waals surface area contributed by atoms with Gasteiger partial charge in [0, 0.05) is 31.5 Å². The zero-order valence-corrected chi connectivity index (χ0v) is 11.9. The maximum atomic E-state index is 10.3. The first-order valence-electron chi connectivity index (χ1n) is 7.51. The molecule has 21 heavy (non-hydrogen) atoms. The lowest BCUT2D eigenvalue weighted by molar-refractivity contribution is -0.0739. The molecule has 0 aromatic heterocycles. The molecule has 2 aromatic carbocycles. The molecule has 2 aromatic rings. The summed E-state index contributed by atoms with van der Waals surface area (Å²) < 4.78 is 5.67. The van der Waals surface area contributed by atoms with Gasteiger partial charge in [-0.3, -0.25) is 4.90 Å². The Kier molecular flexibility index (Phi) is 3.17. The number of rotatable bonds is 2. The third kappa shape index (κ3) is 2.33. The summed E-state index contributed by atoms with van der Waals surface area (Å²) in [5.74, 6) is 1.38. The van der Waals surface area contributed by atoms with Crippen molar-refractivity contribution < 1.29 is 9.84 Å². The second-order valence-corrected chi connectivity index (χ2v) is 6.00. The van der Waals surface area contributed by atoms with Gasteiger partial charge in [0.2, 0.25) is 6.29 Å². The maximum Gasteiger partial charge on any atom is 0.202 e. The van der Waals surface area contributed by atoms with E-state index in [1.165, 1.54) is 11.1 Å². The minimum atomic E-state index is -0.689. The zero-order valence-electron chi connectivity index (χ0n) is 11.9. The first-order chi connectivity index (χ1) is 10.3. The molecule has 0 aliphatic carbocycles. The highest BCUT2D eigenvalue weighted by Crippen LogP contribution is 2.43. The number of hydrogen-bond donors (Lipinski definition) is 1. The number of hydrogen-bond acceptors (Lipinski definition) is 3. The summed E-state index contributed by atoms with van der Waals surface area (Å²) in [5.41, 5.74) is 2.56. The van der Waals surface area contributed by atoms with Crippen molar-refractivity contribution in [2.45, 2.75) is 18.8 Å². The van der Waals surface area contributed by atoms with E-state index in [1.54, 1.807) is 0 Å². The lowest BCUT2D eigenvalue weighted by Gasteiger charge is -2.31. The van der Waals surface area contributed by atoms with Gasteiger partial charge in [0.1, 0.15) is 5.75 Å². The molecule has 0 amide bonds. The molecule has 3 heteroatoms. The summed E-state index contributed by atoms with van der Waals surface area (Å²) in [6, 6.07) is 18.6. The standard InChI is InChI=1S/C18H19NO2/c20-18-16-12-19(10-13-6-2-1-3-7-13)11-15(16)14-8-4-5-9-17(14)21-18/h1-9,15-16,18,20H,10-12H2/t15-,16-,18?/m1/s1. The molecule has 2 heterocycles. The van der Waals surface area contributed by atoms with Crippen molar-refractivity contribution in [1.29, 1.82) is 0 Å². The predicted octanol–water partition coefficient (Wildman–Crippen LogP) is 2.61. The van der Waals surface area contributed by atoms with Gasteiger partial charge in [-0.1, -0.05) is 48.5 Å². The second-order valence-electron chi connectivity index (χ2n) is 6.00. The van der Waals surface area contributed by atoms with Gasteiger partial charge in [-0.2, -0.15) is 0 Å². The van der Waals surface area contributed by atoms with Crippen LogP contribution in [0.4, 0.5) is 0 Å². The average molecular weight is 281 g/mol. The molecule has 0 radical (unpaired) electrons. The number of aliphatic hydroxyl groups is 1. The molecular formula is C18H19NO2. The van der Waals surface area contributed by atoms with Gasteiger partial charge in [0.05, 0.1) is 0 Å². The molecule has 3 nitrogen and oxygen atoms in total. The minimum Gasteiger partial charge on any atom is -0.464 e. The van der Waals surface area contributed by atoms with Gasteiger partial charge in [-0.15, -0.1) is 0 Å². The van der Waals surface area contributed by atoms with Gasteiger partial charge >= 0.3 is 0 Å². The van der Waals surface area contributed by atoms with E-state index in [4.69, 9.17) is 4.74 Å². The lowest BCUT2D eigenvalue weighted by atomic mass is 9.86. The largest absolute Gasteiger partial charge is 0.464 e. The van der Waals surface area contributed by atoms with Gasteiger partial charge < -0.3 is 9.84 Å². The summed E-state index contributed by atoms with van der Waals surface area (Å²) in [5, 5.41) is 10.3. The monoisotopic (exact) mass is 281 g/mol. The van der Waals surface area contributed by atoms with Crippen molar-refractivity contribution in [3.05, 3.63) is 65.7 Å². The van der Waals surface area contributed by atoms with Crippen molar-refractivity contribution in [3.63, 3.8) is 0 Å². The number of fused-ring (bicyclic) bond motifs is 3. The van der Waals surface area contributed by atoms with Gasteiger partial charge in [0.25, 0.3) is 0 Å². The summed E-state index contributed by atoms with van der Waals surface area (Å²) in [6.07, 6.45) is -0.689. The lowest BCUT2D eigenvalue weighted by Crippen LogP contribution is -2.35. The Labute approximate surface area is 124 Å². The van der Waals surface area contributed by atoms with Crippen molar-refractivity contribution in [3.8, 4) is 5.75 Å². The highest BCUT2D eigenvalue weighted by Gasteiger charge is 2.43. The second kappa shape index (κ2) is 5.17. The number of para-hydroxylation sites is 1. The molecule has 2 aliphatic heterocycles. The Morgan fingerprint density at radius 1 is 1.00 bits per heavy atom. The SMILES string of the molecule is OC1Oc2ccccc2[C@H]2CN(Cc3ccccc3)C[C@@H]12. The summed E-state index contributed by atoms with van der Waals surface area (Å²) in [7, 11) is 0. The Morgan fingerprint density at radius 3 is 2.62 bits per heavy atom. The fraction of sp³-hybridized carbons (Fsp3) is 0.333. The third-order valence-corrected chi connectivity index (χ3v) is 4.62. The quantitative estimate of drug-likeness (QED) is 0.918. The van der Waals surface area contributed by atoms with Crippen LogP contribution in [0.3, 0.4) is 0 Å². The molecular weight excluding hydrogens is 262 g/mol. The first kappa shape index (κ1) is 12.9. The van der Waals surface area contributed by atoms with E-state index in [1.807, 2.05) is 18.2 Å². The summed E-state index contributed by atoms with van der Waals surface area (Å²) in [6.45, 7) is 2.80. The molecule has 4 rings (SSSR count). The van der Waals surface area contributed by atoms with E-state index >= 15 is 0 Å². The van der Waals surface area contributed by atoms with E-state index < -0.39 is 6.29 Å². The number of ether oxygens (including phenoxy) is 1. The third-order valence-electron chi connectivity index (χ3n) is 4.62. The Hall–Kier alpha value is -1.84. The Balaban J connectivity index is 1.57. The summed E-state index contributed by atoms with van der Waals surface area (Å²) >= 11 is 0. The van der Waals surface area contributed by atoms with Crippen LogP contribution < -0.4 is 4.74 Å². The van der Waals surface area contributed by atoms with Crippen LogP contribution in [0.5, 0.6) is 5.75 Å². The maximum absolute atomic E-state index is 10.3. The van der Waals surface area contributed by atoms with E-state index in [-0.39, 0.29) is 5.92 Å². The van der Waals surface area contributed by atoms with E-state index in [9.17, 15) is 5.11 Å². The number of likely N-dealkylation sites (tertiary alicyclic amines) is 1. The van der Waals surface area contributed by atoms with Gasteiger partial charge in [0.15, 0.2) is 0 Å². The molecule has 0 bridgehead atoms. The number of nitrogens with zero attached hydrogens (tertiary/aromatic N) is 1. The van der Waals surface area contributed by atoms with Crippen LogP contribution in [0.25, 0.3) is 0 Å². The highest BCUT2D eigenvalue weighted by atomic mass is 16.6. The van der Waals surface area contributed by atoms with Crippen molar-refractivity contribution in [2.75, 3.05) is 13.1 Å². The van der Waals surface area contributed by atoms with Crippen LogP contribution in [0.2, 0.25) is 0 Å². The Bertz CT molecular complexity index is 628. The van der Waals surface area contributed by atoms with E-state index in [0.717, 1.165) is 25.4 Å². The van der Waals surface area contributed by atoms with E-state index in [0.29, 0.717) is 5.92 Å². The van der Waals surface area contributed by atoms with Crippen LogP contribution >= 0.6 is 0 Å². The minimum absolute atomic E-state index is 0.170. The van der Waals surface area contributed by atoms with Crippen LogP contribution in [0.1, 0.15) is 17.0 Å². The van der Waals surface area contributed by atoms with Gasteiger partial charge in [-0.05, 0) is 17.2 Å². The molecule has 3 atom stereocenters. The van der Waals surface area contributed by atoms with Crippen LogP contribution in [0, 0.1) is 5.92 Å². The molecule has 0 spiro atoms.